The molecule has 0 unspecified atom stereocenters. The van der Waals surface area contributed by atoms with Gasteiger partial charge in [-0.3, -0.25) is 4.79 Å². The lowest BCUT2D eigenvalue weighted by Crippen LogP contribution is -2.38. The van der Waals surface area contributed by atoms with Crippen molar-refractivity contribution < 1.29 is 22.7 Å². The molecule has 0 bridgehead atoms. The topological polar surface area (TPSA) is 93.4 Å². The fourth-order valence-electron chi connectivity index (χ4n) is 3.35. The number of nitrogens with zero attached hydrogens (tertiary/aromatic N) is 4. The van der Waals surface area contributed by atoms with Gasteiger partial charge in [0.15, 0.2) is 11.5 Å². The first kappa shape index (κ1) is 25.0. The lowest BCUT2D eigenvalue weighted by Gasteiger charge is -2.15. The molecular weight excluding hydrogens is 553 g/mol. The van der Waals surface area contributed by atoms with Crippen molar-refractivity contribution in [3.8, 4) is 17.1 Å². The molecule has 35 heavy (non-hydrogen) atoms. The highest BCUT2D eigenvalue weighted by Gasteiger charge is 2.33. The summed E-state index contributed by atoms with van der Waals surface area (Å²) in [7, 11) is 0. The molecule has 2 aromatic heterocycles. The number of hydrogen-bond donors (Lipinski definition) is 2. The first-order valence-electron chi connectivity index (χ1n) is 10.5. The standard InChI is InChI=1S/C22H19BrClF3N6O2/c1-3-9-28-20(34)11(2)29-21-30-17-14(5-4-6-15(17)23)19-31-18(32-33(19)21)13-8-7-12(24)10-16(13)35-22(25,26)27/h4-8,10-11H,3,9H2,1-2H3,(H,28,34)(H,29,30)/t11-/m0/s1. The summed E-state index contributed by atoms with van der Waals surface area (Å²) in [5.74, 6) is -0.639. The van der Waals surface area contributed by atoms with Gasteiger partial charge >= 0.3 is 6.36 Å². The van der Waals surface area contributed by atoms with Crippen molar-refractivity contribution in [2.24, 2.45) is 0 Å². The maximum atomic E-state index is 13.0. The van der Waals surface area contributed by atoms with Gasteiger partial charge in [0.05, 0.1) is 11.1 Å². The van der Waals surface area contributed by atoms with Crippen LogP contribution in [0.5, 0.6) is 5.75 Å². The molecule has 0 aliphatic heterocycles. The van der Waals surface area contributed by atoms with Crippen LogP contribution < -0.4 is 15.4 Å². The molecule has 2 aromatic carbocycles. The van der Waals surface area contributed by atoms with Crippen LogP contribution in [-0.2, 0) is 4.79 Å². The molecule has 0 fully saturated rings. The molecule has 0 aliphatic rings. The number of alkyl halides is 3. The lowest BCUT2D eigenvalue weighted by atomic mass is 10.2. The van der Waals surface area contributed by atoms with Crippen LogP contribution in [0.3, 0.4) is 0 Å². The van der Waals surface area contributed by atoms with Crippen LogP contribution in [0.1, 0.15) is 20.3 Å². The van der Waals surface area contributed by atoms with E-state index in [9.17, 15) is 18.0 Å². The van der Waals surface area contributed by atoms with Crippen LogP contribution >= 0.6 is 27.5 Å². The maximum Gasteiger partial charge on any atom is 0.573 e. The van der Waals surface area contributed by atoms with Crippen molar-refractivity contribution >= 4 is 55.9 Å². The second kappa shape index (κ2) is 9.86. The maximum absolute atomic E-state index is 13.0. The predicted octanol–water partition coefficient (Wildman–Crippen LogP) is 5.59. The number of hydrogen-bond acceptors (Lipinski definition) is 6. The number of para-hydroxylation sites is 1. The van der Waals surface area contributed by atoms with Crippen LogP contribution in [-0.4, -0.2) is 44.4 Å². The Hall–Kier alpha value is -3.12. The molecule has 4 aromatic rings. The smallest absolute Gasteiger partial charge is 0.405 e. The molecule has 0 aliphatic carbocycles. The van der Waals surface area contributed by atoms with E-state index in [4.69, 9.17) is 11.6 Å². The van der Waals surface area contributed by atoms with E-state index in [1.807, 2.05) is 6.92 Å². The van der Waals surface area contributed by atoms with Gasteiger partial charge in [-0.2, -0.15) is 4.52 Å². The zero-order valence-corrected chi connectivity index (χ0v) is 20.8. The molecule has 13 heteroatoms. The van der Waals surface area contributed by atoms with Gasteiger partial charge in [-0.05, 0) is 59.6 Å². The van der Waals surface area contributed by atoms with E-state index in [2.05, 4.69) is 46.4 Å². The molecule has 4 rings (SSSR count). The van der Waals surface area contributed by atoms with Crippen molar-refractivity contribution in [1.29, 1.82) is 0 Å². The molecule has 0 saturated heterocycles. The molecule has 8 nitrogen and oxygen atoms in total. The van der Waals surface area contributed by atoms with Crippen LogP contribution in [0, 0.1) is 0 Å². The summed E-state index contributed by atoms with van der Waals surface area (Å²) in [6, 6.07) is 8.45. The van der Waals surface area contributed by atoms with Gasteiger partial charge < -0.3 is 15.4 Å². The summed E-state index contributed by atoms with van der Waals surface area (Å²) in [5, 5.41) is 10.9. The minimum Gasteiger partial charge on any atom is -0.405 e. The Morgan fingerprint density at radius 3 is 2.74 bits per heavy atom. The Labute approximate surface area is 211 Å². The Kier molecular flexibility index (Phi) is 7.04. The summed E-state index contributed by atoms with van der Waals surface area (Å²) < 4.78 is 45.3. The van der Waals surface area contributed by atoms with Crippen molar-refractivity contribution in [3.05, 3.63) is 45.9 Å². The molecule has 0 saturated carbocycles. The van der Waals surface area contributed by atoms with Gasteiger partial charge in [0.25, 0.3) is 0 Å². The number of carbonyl (C=O) groups excluding carboxylic acids is 1. The number of amides is 1. The SMILES string of the molecule is CCCNC(=O)[C@H](C)Nc1nc2c(Br)cccc2c2nc(-c3ccc(Cl)cc3OC(F)(F)F)nn12. The molecular formula is C22H19BrClF3N6O2. The minimum atomic E-state index is -4.94. The van der Waals surface area contributed by atoms with Crippen LogP contribution in [0.15, 0.2) is 40.9 Å². The van der Waals surface area contributed by atoms with E-state index in [0.29, 0.717) is 27.6 Å². The number of aromatic nitrogens is 4. The van der Waals surface area contributed by atoms with Crippen molar-refractivity contribution in [2.45, 2.75) is 32.7 Å². The Bertz CT molecular complexity index is 1410. The third-order valence-corrected chi connectivity index (χ3v) is 5.83. The first-order chi connectivity index (χ1) is 16.6. The van der Waals surface area contributed by atoms with E-state index in [0.717, 1.165) is 12.5 Å². The quantitative estimate of drug-likeness (QED) is 0.301. The number of fused-ring (bicyclic) bond motifs is 3. The van der Waals surface area contributed by atoms with E-state index < -0.39 is 18.2 Å². The molecule has 2 N–H and O–H groups in total. The number of rotatable bonds is 7. The normalized spacial score (nSPS) is 12.7. The summed E-state index contributed by atoms with van der Waals surface area (Å²) in [6.45, 7) is 4.12. The number of nitrogens with one attached hydrogen (secondary N) is 2. The zero-order chi connectivity index (χ0) is 25.3. The van der Waals surface area contributed by atoms with Gasteiger partial charge in [0.1, 0.15) is 11.8 Å². The van der Waals surface area contributed by atoms with Crippen molar-refractivity contribution in [1.82, 2.24) is 24.9 Å². The van der Waals surface area contributed by atoms with Crippen molar-refractivity contribution in [2.75, 3.05) is 11.9 Å². The van der Waals surface area contributed by atoms with E-state index in [-0.39, 0.29) is 28.3 Å². The number of carbonyl (C=O) groups is 1. The van der Waals surface area contributed by atoms with Gasteiger partial charge in [-0.25, -0.2) is 9.97 Å². The average Bonchev–Trinajstić information content (AvgIpc) is 3.23. The van der Waals surface area contributed by atoms with Crippen molar-refractivity contribution in [3.63, 3.8) is 0 Å². The molecule has 1 atom stereocenters. The van der Waals surface area contributed by atoms with Gasteiger partial charge in [0, 0.05) is 21.4 Å². The Morgan fingerprint density at radius 1 is 1.26 bits per heavy atom. The largest absolute Gasteiger partial charge is 0.573 e. The number of halogens is 5. The van der Waals surface area contributed by atoms with Crippen LogP contribution in [0.25, 0.3) is 27.9 Å². The predicted molar refractivity (Wildman–Crippen MR) is 130 cm³/mol. The molecule has 0 spiro atoms. The molecule has 0 radical (unpaired) electrons. The van der Waals surface area contributed by atoms with Crippen LogP contribution in [0.4, 0.5) is 19.1 Å². The van der Waals surface area contributed by atoms with E-state index >= 15 is 0 Å². The first-order valence-corrected chi connectivity index (χ1v) is 11.7. The molecule has 184 valence electrons. The highest BCUT2D eigenvalue weighted by Crippen LogP contribution is 2.36. The second-order valence-corrected chi connectivity index (χ2v) is 8.88. The summed E-state index contributed by atoms with van der Waals surface area (Å²) in [4.78, 5) is 21.5. The molecule has 1 amide bonds. The van der Waals surface area contributed by atoms with Gasteiger partial charge in [0.2, 0.25) is 11.9 Å². The third kappa shape index (κ3) is 5.43. The molecule has 2 heterocycles. The Morgan fingerprint density at radius 2 is 2.03 bits per heavy atom. The van der Waals surface area contributed by atoms with E-state index in [1.54, 1.807) is 25.1 Å². The highest BCUT2D eigenvalue weighted by molar-refractivity contribution is 9.10. The Balaban J connectivity index is 1.88. The lowest BCUT2D eigenvalue weighted by molar-refractivity contribution is -0.274. The van der Waals surface area contributed by atoms with E-state index in [1.165, 1.54) is 16.6 Å². The second-order valence-electron chi connectivity index (χ2n) is 7.59. The minimum absolute atomic E-state index is 0.0155. The summed E-state index contributed by atoms with van der Waals surface area (Å²) in [6.07, 6.45) is -4.16. The zero-order valence-electron chi connectivity index (χ0n) is 18.5. The number of ether oxygens (including phenoxy) is 1. The number of anilines is 1. The average molecular weight is 572 g/mol. The third-order valence-electron chi connectivity index (χ3n) is 4.95. The van der Waals surface area contributed by atoms with Gasteiger partial charge in [-0.15, -0.1) is 18.3 Å². The monoisotopic (exact) mass is 570 g/mol. The summed E-state index contributed by atoms with van der Waals surface area (Å²) >= 11 is 9.36. The fourth-order valence-corrected chi connectivity index (χ4v) is 3.97. The van der Waals surface area contributed by atoms with Gasteiger partial charge in [-0.1, -0.05) is 24.6 Å². The number of benzene rings is 2. The highest BCUT2D eigenvalue weighted by atomic mass is 79.9. The van der Waals surface area contributed by atoms with Crippen LogP contribution in [0.2, 0.25) is 5.02 Å². The summed E-state index contributed by atoms with van der Waals surface area (Å²) in [5.41, 5.74) is 0.839. The fraction of sp³-hybridized carbons (Fsp3) is 0.273.